The molecule has 0 atom stereocenters. The van der Waals surface area contributed by atoms with Crippen molar-refractivity contribution in [1.82, 2.24) is 10.2 Å². The number of carbonyl (C=O) groups excluding carboxylic acids is 2. The maximum absolute atomic E-state index is 13.6. The van der Waals surface area contributed by atoms with Crippen LogP contribution in [0.3, 0.4) is 0 Å². The quantitative estimate of drug-likeness (QED) is 0.306. The summed E-state index contributed by atoms with van der Waals surface area (Å²) in [6.07, 6.45) is 0. The molecule has 0 aliphatic carbocycles. The maximum Gasteiger partial charge on any atom is 0.295 e. The van der Waals surface area contributed by atoms with Gasteiger partial charge in [-0.15, -0.1) is 0 Å². The summed E-state index contributed by atoms with van der Waals surface area (Å²) in [6.45, 7) is 2.43. The predicted molar refractivity (Wildman–Crippen MR) is 157 cm³/mol. The molecule has 1 heterocycles. The number of amides is 2. The van der Waals surface area contributed by atoms with E-state index in [0.29, 0.717) is 37.6 Å². The Bertz CT molecular complexity index is 1560. The minimum atomic E-state index is -4.15. The van der Waals surface area contributed by atoms with Crippen molar-refractivity contribution in [3.8, 4) is 5.75 Å². The van der Waals surface area contributed by atoms with Crippen LogP contribution < -0.4 is 19.5 Å². The Hall–Kier alpha value is -4.83. The zero-order valence-corrected chi connectivity index (χ0v) is 23.1. The average molecular weight is 571 g/mol. The van der Waals surface area contributed by atoms with Crippen LogP contribution in [0.5, 0.6) is 5.75 Å². The first-order valence-electron chi connectivity index (χ1n) is 13.2. The van der Waals surface area contributed by atoms with Crippen LogP contribution in [0, 0.1) is 0 Å². The number of rotatable bonds is 9. The lowest BCUT2D eigenvalue weighted by molar-refractivity contribution is -0.130. The van der Waals surface area contributed by atoms with Gasteiger partial charge in [0.05, 0.1) is 17.1 Å². The van der Waals surface area contributed by atoms with E-state index >= 15 is 0 Å². The highest BCUT2D eigenvalue weighted by molar-refractivity contribution is 7.92. The third-order valence-electron chi connectivity index (χ3n) is 6.69. The minimum absolute atomic E-state index is 0.0544. The van der Waals surface area contributed by atoms with Gasteiger partial charge < -0.3 is 20.0 Å². The highest BCUT2D eigenvalue weighted by Gasteiger charge is 2.28. The Morgan fingerprint density at radius 2 is 1.29 bits per heavy atom. The summed E-state index contributed by atoms with van der Waals surface area (Å²) in [5, 5.41) is 2.65. The molecule has 210 valence electrons. The molecular weight excluding hydrogens is 540 g/mol. The number of sulfonamides is 1. The second kappa shape index (κ2) is 12.6. The Labute approximate surface area is 239 Å². The molecule has 1 N–H and O–H groups in total. The number of carbonyl (C=O) groups is 2. The fourth-order valence-corrected chi connectivity index (χ4v) is 5.72. The molecule has 1 aliphatic rings. The summed E-state index contributed by atoms with van der Waals surface area (Å²) in [6, 6.07) is 32.6. The molecule has 0 radical (unpaired) electrons. The summed E-state index contributed by atoms with van der Waals surface area (Å²) in [4.78, 5) is 35.1. The van der Waals surface area contributed by atoms with Crippen molar-refractivity contribution in [2.45, 2.75) is 4.90 Å². The standard InChI is InChI=1S/C31H30N4O5S/c36-30(34-22-20-33(21-23-34)26-10-4-1-5-11-26)24-32-31(37)25-16-18-29(19-17-25)41(38,39)35(27-12-6-2-7-13-27)40-28-14-8-3-9-15-28/h1-19H,20-24H2,(H,32,37). The summed E-state index contributed by atoms with van der Waals surface area (Å²) >= 11 is 0. The molecule has 0 saturated carbocycles. The van der Waals surface area contributed by atoms with Crippen molar-refractivity contribution in [1.29, 1.82) is 0 Å². The molecule has 5 rings (SSSR count). The fraction of sp³-hybridized carbons (Fsp3) is 0.161. The van der Waals surface area contributed by atoms with Gasteiger partial charge in [-0.05, 0) is 60.7 Å². The molecule has 0 spiro atoms. The zero-order chi connectivity index (χ0) is 28.7. The fourth-order valence-electron chi connectivity index (χ4n) is 4.46. The zero-order valence-electron chi connectivity index (χ0n) is 22.3. The second-order valence-electron chi connectivity index (χ2n) is 9.38. The molecular formula is C31H30N4O5S. The maximum atomic E-state index is 13.6. The average Bonchev–Trinajstić information content (AvgIpc) is 3.03. The third kappa shape index (κ3) is 6.67. The van der Waals surface area contributed by atoms with Gasteiger partial charge in [-0.2, -0.15) is 8.42 Å². The molecule has 9 nitrogen and oxygen atoms in total. The van der Waals surface area contributed by atoms with Crippen LogP contribution in [0.15, 0.2) is 120 Å². The van der Waals surface area contributed by atoms with E-state index in [1.54, 1.807) is 65.6 Å². The van der Waals surface area contributed by atoms with Crippen LogP contribution in [0.25, 0.3) is 0 Å². The van der Waals surface area contributed by atoms with Gasteiger partial charge >= 0.3 is 0 Å². The van der Waals surface area contributed by atoms with Gasteiger partial charge in [-0.25, -0.2) is 0 Å². The minimum Gasteiger partial charge on any atom is -0.368 e. The normalized spacial score (nSPS) is 13.4. The van der Waals surface area contributed by atoms with Crippen LogP contribution in [0.1, 0.15) is 10.4 Å². The van der Waals surface area contributed by atoms with Crippen molar-refractivity contribution in [3.63, 3.8) is 0 Å². The monoisotopic (exact) mass is 570 g/mol. The van der Waals surface area contributed by atoms with E-state index < -0.39 is 15.9 Å². The van der Waals surface area contributed by atoms with Gasteiger partial charge in [0.1, 0.15) is 0 Å². The molecule has 4 aromatic rings. The third-order valence-corrected chi connectivity index (χ3v) is 8.27. The summed E-state index contributed by atoms with van der Waals surface area (Å²) in [5.41, 5.74) is 1.68. The number of hydrogen-bond donors (Lipinski definition) is 1. The number of nitrogens with zero attached hydrogens (tertiary/aromatic N) is 3. The van der Waals surface area contributed by atoms with Crippen molar-refractivity contribution in [2.24, 2.45) is 0 Å². The first-order valence-corrected chi connectivity index (χ1v) is 14.7. The Kier molecular flexibility index (Phi) is 8.50. The first kappa shape index (κ1) is 27.7. The second-order valence-corrected chi connectivity index (χ2v) is 11.1. The highest BCUT2D eigenvalue weighted by Crippen LogP contribution is 2.26. The van der Waals surface area contributed by atoms with Crippen LogP contribution in [-0.4, -0.2) is 57.9 Å². The molecule has 0 aromatic heterocycles. The molecule has 0 bridgehead atoms. The molecule has 10 heteroatoms. The number of nitrogens with one attached hydrogen (secondary N) is 1. The van der Waals surface area contributed by atoms with Crippen LogP contribution >= 0.6 is 0 Å². The van der Waals surface area contributed by atoms with Crippen LogP contribution in [-0.2, 0) is 14.8 Å². The smallest absolute Gasteiger partial charge is 0.295 e. The van der Waals surface area contributed by atoms with Gasteiger partial charge in [0, 0.05) is 37.4 Å². The Morgan fingerprint density at radius 3 is 1.90 bits per heavy atom. The van der Waals surface area contributed by atoms with Gasteiger partial charge in [-0.1, -0.05) is 59.1 Å². The number of anilines is 2. The molecule has 1 aliphatic heterocycles. The van der Waals surface area contributed by atoms with E-state index in [4.69, 9.17) is 4.84 Å². The predicted octanol–water partition coefficient (Wildman–Crippen LogP) is 3.95. The molecule has 2 amide bonds. The van der Waals surface area contributed by atoms with E-state index in [0.717, 1.165) is 10.2 Å². The van der Waals surface area contributed by atoms with Crippen molar-refractivity contribution in [2.75, 3.05) is 42.1 Å². The molecule has 0 unspecified atom stereocenters. The van der Waals surface area contributed by atoms with Gasteiger partial charge in [0.25, 0.3) is 15.9 Å². The number of piperazine rings is 1. The van der Waals surface area contributed by atoms with E-state index in [-0.39, 0.29) is 22.9 Å². The Morgan fingerprint density at radius 1 is 0.732 bits per heavy atom. The van der Waals surface area contributed by atoms with Crippen molar-refractivity contribution < 1.29 is 22.8 Å². The SMILES string of the molecule is O=C(NCC(=O)N1CCN(c2ccccc2)CC1)c1ccc(S(=O)(=O)N(Oc2ccccc2)c2ccccc2)cc1. The van der Waals surface area contributed by atoms with Crippen molar-refractivity contribution >= 4 is 33.2 Å². The van der Waals surface area contributed by atoms with Crippen molar-refractivity contribution in [3.05, 3.63) is 121 Å². The molecule has 41 heavy (non-hydrogen) atoms. The topological polar surface area (TPSA) is 99.3 Å². The Balaban J connectivity index is 1.20. The van der Waals surface area contributed by atoms with E-state index in [1.165, 1.54) is 24.3 Å². The lowest BCUT2D eigenvalue weighted by Crippen LogP contribution is -2.51. The summed E-state index contributed by atoms with van der Waals surface area (Å²) < 4.78 is 28.0. The summed E-state index contributed by atoms with van der Waals surface area (Å²) in [7, 11) is -4.15. The number of benzene rings is 4. The van der Waals surface area contributed by atoms with Crippen LogP contribution in [0.4, 0.5) is 11.4 Å². The number of hydrogen-bond acceptors (Lipinski definition) is 6. The van der Waals surface area contributed by atoms with E-state index in [1.807, 2.05) is 30.3 Å². The first-order chi connectivity index (χ1) is 19.9. The lowest BCUT2D eigenvalue weighted by Gasteiger charge is -2.36. The largest absolute Gasteiger partial charge is 0.368 e. The van der Waals surface area contributed by atoms with E-state index in [9.17, 15) is 18.0 Å². The van der Waals surface area contributed by atoms with Gasteiger partial charge in [0.2, 0.25) is 5.91 Å². The summed E-state index contributed by atoms with van der Waals surface area (Å²) in [5.74, 6) is -0.283. The van der Waals surface area contributed by atoms with Crippen LogP contribution in [0.2, 0.25) is 0 Å². The van der Waals surface area contributed by atoms with Gasteiger partial charge in [-0.3, -0.25) is 9.59 Å². The molecule has 4 aromatic carbocycles. The molecule has 1 saturated heterocycles. The van der Waals surface area contributed by atoms with E-state index in [2.05, 4.69) is 10.2 Å². The molecule has 1 fully saturated rings. The number of para-hydroxylation sites is 3. The highest BCUT2D eigenvalue weighted by atomic mass is 32.2. The lowest BCUT2D eigenvalue weighted by atomic mass is 10.2. The van der Waals surface area contributed by atoms with Gasteiger partial charge in [0.15, 0.2) is 5.75 Å².